The molecule has 1 saturated heterocycles. The van der Waals surface area contributed by atoms with Gasteiger partial charge in [0.1, 0.15) is 5.82 Å². The molecule has 2 atom stereocenters. The summed E-state index contributed by atoms with van der Waals surface area (Å²) in [7, 11) is 0. The van der Waals surface area contributed by atoms with E-state index in [9.17, 15) is 0 Å². The monoisotopic (exact) mass is 467 g/mol. The van der Waals surface area contributed by atoms with Crippen LogP contribution in [0.1, 0.15) is 51.4 Å². The van der Waals surface area contributed by atoms with E-state index in [1.165, 1.54) is 16.7 Å². The Bertz CT molecular complexity index is 1340. The number of nitrogens with one attached hydrogen (secondary N) is 1. The number of hydrogen-bond donors (Lipinski definition) is 1. The normalized spacial score (nSPS) is 17.8. The highest BCUT2D eigenvalue weighted by atomic mass is 32.1. The first-order chi connectivity index (χ1) is 16.3. The van der Waals surface area contributed by atoms with Gasteiger partial charge in [-0.1, -0.05) is 18.2 Å². The molecule has 5 nitrogen and oxygen atoms in total. The molecule has 1 aromatic carbocycles. The molecular formula is C28H29N5S. The summed E-state index contributed by atoms with van der Waals surface area (Å²) in [6, 6.07) is 19.0. The van der Waals surface area contributed by atoms with Gasteiger partial charge in [0.2, 0.25) is 0 Å². The molecule has 0 radical (unpaired) electrons. The van der Waals surface area contributed by atoms with Gasteiger partial charge in [0.15, 0.2) is 5.11 Å². The molecule has 1 aliphatic heterocycles. The van der Waals surface area contributed by atoms with Crippen LogP contribution in [-0.2, 0) is 0 Å². The molecule has 4 heterocycles. The van der Waals surface area contributed by atoms with Crippen molar-refractivity contribution in [2.75, 3.05) is 4.90 Å². The molecule has 6 heteroatoms. The van der Waals surface area contributed by atoms with Crippen LogP contribution in [0.25, 0.3) is 5.82 Å². The van der Waals surface area contributed by atoms with E-state index in [2.05, 4.69) is 91.9 Å². The van der Waals surface area contributed by atoms with Gasteiger partial charge < -0.3 is 14.8 Å². The Morgan fingerprint density at radius 2 is 1.62 bits per heavy atom. The predicted molar refractivity (Wildman–Crippen MR) is 142 cm³/mol. The lowest BCUT2D eigenvalue weighted by Crippen LogP contribution is -2.29. The minimum atomic E-state index is -0.0746. The van der Waals surface area contributed by atoms with Crippen molar-refractivity contribution in [1.82, 2.24) is 19.9 Å². The molecule has 0 aliphatic carbocycles. The SMILES string of the molecule is Cc1ccc(-n2c(C)cc(C3C(c4ccccn4)NC(=S)N3c3cc(C)cc(C)c3)c2C)nc1. The van der Waals surface area contributed by atoms with E-state index < -0.39 is 0 Å². The molecule has 1 aliphatic rings. The van der Waals surface area contributed by atoms with E-state index in [1.807, 2.05) is 24.5 Å². The van der Waals surface area contributed by atoms with Gasteiger partial charge in [-0.3, -0.25) is 4.98 Å². The van der Waals surface area contributed by atoms with Crippen molar-refractivity contribution < 1.29 is 0 Å². The predicted octanol–water partition coefficient (Wildman–Crippen LogP) is 5.99. The summed E-state index contributed by atoms with van der Waals surface area (Å²) in [5.41, 5.74) is 9.15. The Balaban J connectivity index is 1.69. The minimum Gasteiger partial charge on any atom is -0.351 e. The van der Waals surface area contributed by atoms with Crippen LogP contribution in [0.3, 0.4) is 0 Å². The molecule has 172 valence electrons. The Hall–Kier alpha value is -3.51. The van der Waals surface area contributed by atoms with Crippen LogP contribution in [0, 0.1) is 34.6 Å². The van der Waals surface area contributed by atoms with Crippen LogP contribution in [0.15, 0.2) is 67.0 Å². The van der Waals surface area contributed by atoms with Crippen molar-refractivity contribution >= 4 is 23.0 Å². The molecular weight excluding hydrogens is 438 g/mol. The molecule has 1 fully saturated rings. The van der Waals surface area contributed by atoms with Crippen LogP contribution < -0.4 is 10.2 Å². The highest BCUT2D eigenvalue weighted by molar-refractivity contribution is 7.80. The summed E-state index contributed by atoms with van der Waals surface area (Å²) in [6.45, 7) is 10.6. The van der Waals surface area contributed by atoms with Gasteiger partial charge in [0.25, 0.3) is 0 Å². The van der Waals surface area contributed by atoms with E-state index in [4.69, 9.17) is 22.2 Å². The van der Waals surface area contributed by atoms with Gasteiger partial charge in [-0.15, -0.1) is 0 Å². The van der Waals surface area contributed by atoms with Gasteiger partial charge in [-0.05, 0) is 105 Å². The molecule has 1 N–H and O–H groups in total. The highest BCUT2D eigenvalue weighted by Gasteiger charge is 2.42. The second kappa shape index (κ2) is 8.69. The van der Waals surface area contributed by atoms with Gasteiger partial charge in [0, 0.05) is 29.5 Å². The lowest BCUT2D eigenvalue weighted by atomic mass is 9.96. The van der Waals surface area contributed by atoms with E-state index >= 15 is 0 Å². The van der Waals surface area contributed by atoms with Crippen LogP contribution in [0.5, 0.6) is 0 Å². The maximum Gasteiger partial charge on any atom is 0.174 e. The van der Waals surface area contributed by atoms with Gasteiger partial charge >= 0.3 is 0 Å². The molecule has 2 unspecified atom stereocenters. The van der Waals surface area contributed by atoms with E-state index in [0.29, 0.717) is 5.11 Å². The van der Waals surface area contributed by atoms with Gasteiger partial charge in [0.05, 0.1) is 17.8 Å². The number of nitrogens with zero attached hydrogens (tertiary/aromatic N) is 4. The topological polar surface area (TPSA) is 46.0 Å². The van der Waals surface area contributed by atoms with Gasteiger partial charge in [-0.25, -0.2) is 4.98 Å². The fourth-order valence-electron chi connectivity index (χ4n) is 5.07. The number of pyridine rings is 2. The van der Waals surface area contributed by atoms with Crippen molar-refractivity contribution in [3.05, 3.63) is 106 Å². The number of aryl methyl sites for hydroxylation is 4. The Kier molecular flexibility index (Phi) is 5.70. The second-order valence-electron chi connectivity index (χ2n) is 9.20. The fraction of sp³-hybridized carbons (Fsp3) is 0.250. The Labute approximate surface area is 206 Å². The summed E-state index contributed by atoms with van der Waals surface area (Å²) < 4.78 is 2.23. The molecule has 0 amide bonds. The minimum absolute atomic E-state index is 0.0472. The molecule has 3 aromatic heterocycles. The molecule has 0 bridgehead atoms. The molecule has 0 saturated carbocycles. The average molecular weight is 468 g/mol. The Morgan fingerprint density at radius 1 is 0.853 bits per heavy atom. The number of anilines is 1. The molecule has 34 heavy (non-hydrogen) atoms. The lowest BCUT2D eigenvalue weighted by molar-refractivity contribution is 0.565. The zero-order valence-electron chi connectivity index (χ0n) is 20.2. The first-order valence-electron chi connectivity index (χ1n) is 11.5. The largest absolute Gasteiger partial charge is 0.351 e. The average Bonchev–Trinajstić information content (AvgIpc) is 3.30. The third kappa shape index (κ3) is 3.88. The van der Waals surface area contributed by atoms with E-state index in [1.54, 1.807) is 0 Å². The van der Waals surface area contributed by atoms with Crippen LogP contribution in [0.2, 0.25) is 0 Å². The standard InChI is InChI=1S/C28H29N5S/c1-17-9-10-25(30-16-17)32-20(4)15-23(21(32)5)27-26(24-8-6-7-11-29-24)31-28(34)33(27)22-13-18(2)12-19(3)14-22/h6-16,26-27H,1-5H3,(H,31,34). The maximum absolute atomic E-state index is 5.92. The second-order valence-corrected chi connectivity index (χ2v) is 9.58. The number of thiocarbonyl (C=S) groups is 1. The van der Waals surface area contributed by atoms with E-state index in [0.717, 1.165) is 34.2 Å². The van der Waals surface area contributed by atoms with Crippen molar-refractivity contribution in [2.45, 2.75) is 46.7 Å². The fourth-order valence-corrected chi connectivity index (χ4v) is 5.42. The third-order valence-electron chi connectivity index (χ3n) is 6.50. The van der Waals surface area contributed by atoms with Crippen molar-refractivity contribution in [3.8, 4) is 5.82 Å². The number of aromatic nitrogens is 3. The summed E-state index contributed by atoms with van der Waals surface area (Å²) in [5, 5.41) is 4.29. The van der Waals surface area contributed by atoms with E-state index in [-0.39, 0.29) is 12.1 Å². The van der Waals surface area contributed by atoms with Crippen molar-refractivity contribution in [3.63, 3.8) is 0 Å². The number of benzene rings is 1. The zero-order chi connectivity index (χ0) is 24.0. The lowest BCUT2D eigenvalue weighted by Gasteiger charge is -2.28. The van der Waals surface area contributed by atoms with Crippen LogP contribution in [0.4, 0.5) is 5.69 Å². The van der Waals surface area contributed by atoms with Crippen LogP contribution in [-0.4, -0.2) is 19.6 Å². The van der Waals surface area contributed by atoms with Crippen molar-refractivity contribution in [1.29, 1.82) is 0 Å². The van der Waals surface area contributed by atoms with Crippen LogP contribution >= 0.6 is 12.2 Å². The number of hydrogen-bond acceptors (Lipinski definition) is 3. The summed E-state index contributed by atoms with van der Waals surface area (Å²) in [6.07, 6.45) is 3.76. The van der Waals surface area contributed by atoms with Gasteiger partial charge in [-0.2, -0.15) is 0 Å². The first kappa shape index (κ1) is 22.3. The summed E-state index contributed by atoms with van der Waals surface area (Å²) >= 11 is 5.92. The summed E-state index contributed by atoms with van der Waals surface area (Å²) in [5.74, 6) is 0.924. The smallest absolute Gasteiger partial charge is 0.174 e. The summed E-state index contributed by atoms with van der Waals surface area (Å²) in [4.78, 5) is 11.6. The zero-order valence-corrected chi connectivity index (χ0v) is 21.0. The Morgan fingerprint density at radius 3 is 2.26 bits per heavy atom. The molecule has 4 aromatic rings. The highest BCUT2D eigenvalue weighted by Crippen LogP contribution is 2.44. The van der Waals surface area contributed by atoms with Crippen molar-refractivity contribution in [2.24, 2.45) is 0 Å². The maximum atomic E-state index is 5.92. The molecule has 0 spiro atoms. The molecule has 5 rings (SSSR count). The third-order valence-corrected chi connectivity index (χ3v) is 6.81. The quantitative estimate of drug-likeness (QED) is 0.374. The first-order valence-corrected chi connectivity index (χ1v) is 11.9. The number of rotatable bonds is 4.